The van der Waals surface area contributed by atoms with Gasteiger partial charge in [0.25, 0.3) is 0 Å². The molecule has 1 rings (SSSR count). The van der Waals surface area contributed by atoms with E-state index in [4.69, 9.17) is 5.11 Å². The van der Waals surface area contributed by atoms with E-state index in [9.17, 15) is 9.59 Å². The van der Waals surface area contributed by atoms with Crippen molar-refractivity contribution in [1.82, 2.24) is 0 Å². The van der Waals surface area contributed by atoms with E-state index in [0.717, 1.165) is 12.8 Å². The average molecular weight is 291 g/mol. The van der Waals surface area contributed by atoms with Crippen molar-refractivity contribution in [1.29, 1.82) is 0 Å². The molecule has 116 valence electrons. The average Bonchev–Trinajstić information content (AvgIpc) is 2.50. The molecule has 0 aliphatic rings. The van der Waals surface area contributed by atoms with Crippen LogP contribution in [0, 0.1) is 0 Å². The van der Waals surface area contributed by atoms with Gasteiger partial charge in [-0.05, 0) is 18.6 Å². The van der Waals surface area contributed by atoms with Gasteiger partial charge in [0, 0.05) is 12.0 Å². The number of aliphatic hydroxyl groups is 1. The number of aliphatic hydroxyl groups excluding tert-OH is 1. The fourth-order valence-corrected chi connectivity index (χ4v) is 2.20. The number of anilines is 1. The zero-order valence-corrected chi connectivity index (χ0v) is 12.7. The topological polar surface area (TPSA) is 66.4 Å². The lowest BCUT2D eigenvalue weighted by molar-refractivity contribution is -0.116. The Balaban J connectivity index is 2.39. The second kappa shape index (κ2) is 10.1. The Labute approximate surface area is 126 Å². The summed E-state index contributed by atoms with van der Waals surface area (Å²) in [6.45, 7) is 1.63. The van der Waals surface area contributed by atoms with Crippen LogP contribution in [0.3, 0.4) is 0 Å². The van der Waals surface area contributed by atoms with Gasteiger partial charge in [-0.3, -0.25) is 9.59 Å². The first-order chi connectivity index (χ1) is 10.2. The molecule has 1 amide bonds. The van der Waals surface area contributed by atoms with Crippen LogP contribution in [0.15, 0.2) is 24.3 Å². The molecule has 2 N–H and O–H groups in total. The van der Waals surface area contributed by atoms with E-state index in [1.807, 2.05) is 0 Å². The molecular weight excluding hydrogens is 266 g/mol. The number of rotatable bonds is 10. The summed E-state index contributed by atoms with van der Waals surface area (Å²) in [7, 11) is 0. The molecule has 0 fully saturated rings. The molecule has 0 aliphatic heterocycles. The van der Waals surface area contributed by atoms with E-state index in [-0.39, 0.29) is 11.7 Å². The zero-order valence-electron chi connectivity index (χ0n) is 12.7. The van der Waals surface area contributed by atoms with Gasteiger partial charge >= 0.3 is 0 Å². The number of benzene rings is 1. The maximum atomic E-state index is 11.9. The number of hydrogen-bond acceptors (Lipinski definition) is 3. The standard InChI is InChI=1S/C17H25NO3/c1-2-3-4-5-6-7-12-17(21)18-15-11-9-8-10-14(15)16(20)13-19/h8-11,19H,2-7,12-13H2,1H3,(H,18,21). The Morgan fingerprint density at radius 2 is 1.71 bits per heavy atom. The SMILES string of the molecule is CCCCCCCCC(=O)Nc1ccccc1C(=O)CO. The van der Waals surface area contributed by atoms with Crippen molar-refractivity contribution in [3.63, 3.8) is 0 Å². The fraction of sp³-hybridized carbons (Fsp3) is 0.529. The molecule has 4 nitrogen and oxygen atoms in total. The summed E-state index contributed by atoms with van der Waals surface area (Å²) < 4.78 is 0. The maximum absolute atomic E-state index is 11.9. The second-order valence-corrected chi connectivity index (χ2v) is 5.19. The lowest BCUT2D eigenvalue weighted by atomic mass is 10.1. The molecule has 1 aromatic carbocycles. The molecule has 0 saturated carbocycles. The third kappa shape index (κ3) is 6.54. The summed E-state index contributed by atoms with van der Waals surface area (Å²) in [4.78, 5) is 23.5. The van der Waals surface area contributed by atoms with Crippen LogP contribution >= 0.6 is 0 Å². The summed E-state index contributed by atoms with van der Waals surface area (Å²) in [5, 5.41) is 11.7. The number of nitrogens with one attached hydrogen (secondary N) is 1. The Morgan fingerprint density at radius 3 is 2.43 bits per heavy atom. The van der Waals surface area contributed by atoms with Crippen LogP contribution < -0.4 is 5.32 Å². The monoisotopic (exact) mass is 291 g/mol. The minimum Gasteiger partial charge on any atom is -0.388 e. The quantitative estimate of drug-likeness (QED) is 0.512. The van der Waals surface area contributed by atoms with Crippen LogP contribution in [-0.2, 0) is 4.79 Å². The number of carbonyl (C=O) groups excluding carboxylic acids is 2. The molecule has 0 aromatic heterocycles. The first-order valence-electron chi connectivity index (χ1n) is 7.72. The largest absolute Gasteiger partial charge is 0.388 e. The first kappa shape index (κ1) is 17.4. The molecule has 0 unspecified atom stereocenters. The second-order valence-electron chi connectivity index (χ2n) is 5.19. The molecule has 0 radical (unpaired) electrons. The van der Waals surface area contributed by atoms with Gasteiger partial charge in [0.05, 0.1) is 5.69 Å². The Bertz CT molecular complexity index is 457. The Kier molecular flexibility index (Phi) is 8.36. The summed E-state index contributed by atoms with van der Waals surface area (Å²) in [6.07, 6.45) is 7.26. The van der Waals surface area contributed by atoms with Crippen LogP contribution in [0.4, 0.5) is 5.69 Å². The molecular formula is C17H25NO3. The van der Waals surface area contributed by atoms with Crippen molar-refractivity contribution in [2.45, 2.75) is 51.9 Å². The molecule has 1 aromatic rings. The highest BCUT2D eigenvalue weighted by molar-refractivity contribution is 6.05. The van der Waals surface area contributed by atoms with E-state index in [1.165, 1.54) is 25.7 Å². The molecule has 0 atom stereocenters. The van der Waals surface area contributed by atoms with Crippen LogP contribution in [0.5, 0.6) is 0 Å². The van der Waals surface area contributed by atoms with E-state index in [2.05, 4.69) is 12.2 Å². The number of ketones is 1. The summed E-state index contributed by atoms with van der Waals surface area (Å²) in [6, 6.07) is 6.77. The summed E-state index contributed by atoms with van der Waals surface area (Å²) >= 11 is 0. The highest BCUT2D eigenvalue weighted by Crippen LogP contribution is 2.16. The van der Waals surface area contributed by atoms with Crippen molar-refractivity contribution >= 4 is 17.4 Å². The maximum Gasteiger partial charge on any atom is 0.224 e. The first-order valence-corrected chi connectivity index (χ1v) is 7.72. The minimum absolute atomic E-state index is 0.0799. The predicted molar refractivity (Wildman–Crippen MR) is 84.5 cm³/mol. The molecule has 21 heavy (non-hydrogen) atoms. The van der Waals surface area contributed by atoms with Crippen LogP contribution in [0.2, 0.25) is 0 Å². The molecule has 0 heterocycles. The van der Waals surface area contributed by atoms with Gasteiger partial charge in [0.15, 0.2) is 5.78 Å². The Morgan fingerprint density at radius 1 is 1.05 bits per heavy atom. The van der Waals surface area contributed by atoms with Gasteiger partial charge in [-0.25, -0.2) is 0 Å². The van der Waals surface area contributed by atoms with E-state index in [1.54, 1.807) is 24.3 Å². The van der Waals surface area contributed by atoms with Crippen LogP contribution in [0.1, 0.15) is 62.2 Å². The molecule has 0 saturated heterocycles. The number of Topliss-reactive ketones (excluding diaryl/α,β-unsaturated/α-hetero) is 1. The number of carbonyl (C=O) groups is 2. The van der Waals surface area contributed by atoms with Gasteiger partial charge in [-0.1, -0.05) is 51.2 Å². The predicted octanol–water partition coefficient (Wildman–Crippen LogP) is 3.55. The van der Waals surface area contributed by atoms with E-state index < -0.39 is 6.61 Å². The zero-order chi connectivity index (χ0) is 15.5. The van der Waals surface area contributed by atoms with Gasteiger partial charge < -0.3 is 10.4 Å². The highest BCUT2D eigenvalue weighted by atomic mass is 16.3. The van der Waals surface area contributed by atoms with Crippen molar-refractivity contribution in [3.8, 4) is 0 Å². The van der Waals surface area contributed by atoms with Crippen LogP contribution in [0.25, 0.3) is 0 Å². The van der Waals surface area contributed by atoms with Gasteiger partial charge in [-0.2, -0.15) is 0 Å². The van der Waals surface area contributed by atoms with E-state index >= 15 is 0 Å². The third-order valence-electron chi connectivity index (χ3n) is 3.40. The summed E-state index contributed by atoms with van der Waals surface area (Å²) in [5.41, 5.74) is 0.837. The highest BCUT2D eigenvalue weighted by Gasteiger charge is 2.11. The van der Waals surface area contributed by atoms with Crippen molar-refractivity contribution in [2.75, 3.05) is 11.9 Å². The van der Waals surface area contributed by atoms with Crippen molar-refractivity contribution in [3.05, 3.63) is 29.8 Å². The van der Waals surface area contributed by atoms with Crippen molar-refractivity contribution in [2.24, 2.45) is 0 Å². The molecule has 0 aliphatic carbocycles. The van der Waals surface area contributed by atoms with Gasteiger partial charge in [0.1, 0.15) is 6.61 Å². The molecule has 0 bridgehead atoms. The summed E-state index contributed by atoms with van der Waals surface area (Å²) in [5.74, 6) is -0.464. The number of hydrogen-bond donors (Lipinski definition) is 2. The van der Waals surface area contributed by atoms with Gasteiger partial charge in [0.2, 0.25) is 5.91 Å². The number of amides is 1. The van der Waals surface area contributed by atoms with Crippen LogP contribution in [-0.4, -0.2) is 23.4 Å². The molecule has 4 heteroatoms. The Hall–Kier alpha value is -1.68. The molecule has 0 spiro atoms. The van der Waals surface area contributed by atoms with E-state index in [0.29, 0.717) is 17.7 Å². The number of para-hydroxylation sites is 1. The number of unbranched alkanes of at least 4 members (excludes halogenated alkanes) is 5. The van der Waals surface area contributed by atoms with Crippen molar-refractivity contribution < 1.29 is 14.7 Å². The lowest BCUT2D eigenvalue weighted by Crippen LogP contribution is -2.15. The smallest absolute Gasteiger partial charge is 0.224 e. The van der Waals surface area contributed by atoms with Gasteiger partial charge in [-0.15, -0.1) is 0 Å². The lowest BCUT2D eigenvalue weighted by Gasteiger charge is -2.09. The fourth-order valence-electron chi connectivity index (χ4n) is 2.20. The minimum atomic E-state index is -0.551. The third-order valence-corrected chi connectivity index (χ3v) is 3.40. The normalized spacial score (nSPS) is 10.4.